The van der Waals surface area contributed by atoms with Crippen LogP contribution in [0.5, 0.6) is 17.2 Å². The van der Waals surface area contributed by atoms with Crippen molar-refractivity contribution in [2.45, 2.75) is 86.9 Å². The van der Waals surface area contributed by atoms with Crippen LogP contribution in [0.25, 0.3) is 0 Å². The molecule has 0 bridgehead atoms. The molecule has 1 saturated carbocycles. The van der Waals surface area contributed by atoms with Gasteiger partial charge in [-0.1, -0.05) is 104 Å². The van der Waals surface area contributed by atoms with Crippen LogP contribution >= 0.6 is 0 Å². The van der Waals surface area contributed by atoms with Crippen molar-refractivity contribution in [1.82, 2.24) is 14.7 Å². The Balaban J connectivity index is 1.06. The molecule has 12 rings (SSSR count). The summed E-state index contributed by atoms with van der Waals surface area (Å²) in [7, 11) is 0. The van der Waals surface area contributed by atoms with Gasteiger partial charge in [-0.25, -0.2) is 9.69 Å². The fraction of sp³-hybridized carbons (Fsp3) is 0.344. The number of esters is 1. The van der Waals surface area contributed by atoms with Crippen LogP contribution in [0.15, 0.2) is 146 Å². The summed E-state index contributed by atoms with van der Waals surface area (Å²) in [6, 6.07) is 38.5. The first-order valence-electron chi connectivity index (χ1n) is 27.9. The molecule has 1 aliphatic carbocycles. The SMILES string of the molecule is O=C1O[C@H](c2ccccc2)[C@H](c2ccccc2)N2[C@H]1[C@@H](C(=O)N1CCN(Cc3ccc4c(c3)OCO4)CC1)[C@]1(C(=O)N(C(=O)OCc3ccc([N+](=O)[O-])cc3)c3ccc(C#CC4(O)CCCCCC4)cc31)[C@H]2c1cccc(OCCO)c1. The number of non-ortho nitro benzene ring substituents is 1. The Morgan fingerprint density at radius 1 is 0.744 bits per heavy atom. The lowest BCUT2D eigenvalue weighted by Gasteiger charge is -2.46. The van der Waals surface area contributed by atoms with Crippen molar-refractivity contribution >= 4 is 35.3 Å². The second-order valence-electron chi connectivity index (χ2n) is 21.7. The lowest BCUT2D eigenvalue weighted by atomic mass is 9.64. The molecule has 420 valence electrons. The van der Waals surface area contributed by atoms with Crippen molar-refractivity contribution in [2.24, 2.45) is 5.92 Å². The summed E-state index contributed by atoms with van der Waals surface area (Å²) in [6.07, 6.45) is 2.40. The van der Waals surface area contributed by atoms with Gasteiger partial charge in [-0.2, -0.15) is 0 Å². The number of cyclic esters (lactones) is 1. The molecule has 4 fully saturated rings. The van der Waals surface area contributed by atoms with Gasteiger partial charge in [0.2, 0.25) is 18.6 Å². The van der Waals surface area contributed by atoms with Gasteiger partial charge in [0.15, 0.2) is 11.5 Å². The molecular formula is C64H61N5O13. The fourth-order valence-corrected chi connectivity index (χ4v) is 13.1. The Morgan fingerprint density at radius 2 is 1.44 bits per heavy atom. The summed E-state index contributed by atoms with van der Waals surface area (Å²) in [5.41, 5.74) is 0.326. The number of carbonyl (C=O) groups is 4. The van der Waals surface area contributed by atoms with Crippen LogP contribution in [-0.4, -0.2) is 112 Å². The number of benzene rings is 6. The zero-order chi connectivity index (χ0) is 56.5. The number of amides is 3. The van der Waals surface area contributed by atoms with Crippen molar-refractivity contribution in [1.29, 1.82) is 0 Å². The van der Waals surface area contributed by atoms with Gasteiger partial charge in [-0.15, -0.1) is 0 Å². The summed E-state index contributed by atoms with van der Waals surface area (Å²) >= 11 is 0. The molecular weight excluding hydrogens is 1050 g/mol. The first kappa shape index (κ1) is 54.0. The summed E-state index contributed by atoms with van der Waals surface area (Å²) in [4.78, 5) is 82.5. The molecule has 5 aliphatic heterocycles. The highest BCUT2D eigenvalue weighted by Gasteiger charge is 2.76. The molecule has 2 N–H and O–H groups in total. The zero-order valence-corrected chi connectivity index (χ0v) is 45.0. The van der Waals surface area contributed by atoms with E-state index in [1.54, 1.807) is 41.3 Å². The van der Waals surface area contributed by atoms with Gasteiger partial charge in [0, 0.05) is 50.4 Å². The molecule has 5 heterocycles. The van der Waals surface area contributed by atoms with Crippen LogP contribution in [0, 0.1) is 27.9 Å². The monoisotopic (exact) mass is 1110 g/mol. The van der Waals surface area contributed by atoms with Crippen molar-refractivity contribution in [3.63, 3.8) is 0 Å². The van der Waals surface area contributed by atoms with Crippen LogP contribution in [0.2, 0.25) is 0 Å². The van der Waals surface area contributed by atoms with Gasteiger partial charge < -0.3 is 38.8 Å². The topological polar surface area (TPSA) is 211 Å². The number of anilines is 1. The average Bonchev–Trinajstić information content (AvgIpc) is 1.70. The van der Waals surface area contributed by atoms with Crippen LogP contribution in [-0.2, 0) is 42.4 Å². The normalized spacial score (nSPS) is 23.7. The molecule has 3 saturated heterocycles. The maximum Gasteiger partial charge on any atom is 0.421 e. The van der Waals surface area contributed by atoms with E-state index >= 15 is 19.2 Å². The Labute approximate surface area is 473 Å². The minimum Gasteiger partial charge on any atom is -0.491 e. The van der Waals surface area contributed by atoms with E-state index in [0.29, 0.717) is 77.5 Å². The number of nitrogens with zero attached hydrogens (tertiary/aromatic N) is 5. The van der Waals surface area contributed by atoms with Gasteiger partial charge >= 0.3 is 12.1 Å². The second-order valence-corrected chi connectivity index (χ2v) is 21.7. The lowest BCUT2D eigenvalue weighted by Crippen LogP contribution is -2.59. The zero-order valence-electron chi connectivity index (χ0n) is 45.0. The maximum atomic E-state index is 17.0. The van der Waals surface area contributed by atoms with Crippen LogP contribution < -0.4 is 19.1 Å². The number of aliphatic hydroxyl groups excluding tert-OH is 1. The second kappa shape index (κ2) is 22.7. The predicted molar refractivity (Wildman–Crippen MR) is 298 cm³/mol. The van der Waals surface area contributed by atoms with Crippen molar-refractivity contribution in [3.8, 4) is 29.1 Å². The van der Waals surface area contributed by atoms with E-state index in [9.17, 15) is 20.3 Å². The third kappa shape index (κ3) is 10.1. The first-order valence-corrected chi connectivity index (χ1v) is 27.9. The molecule has 3 amide bonds. The Morgan fingerprint density at radius 3 is 2.16 bits per heavy atom. The molecule has 0 radical (unpaired) electrons. The van der Waals surface area contributed by atoms with Gasteiger partial charge in [0.05, 0.1) is 35.2 Å². The van der Waals surface area contributed by atoms with E-state index in [4.69, 9.17) is 23.7 Å². The number of hydrogen-bond donors (Lipinski definition) is 2. The van der Waals surface area contributed by atoms with Crippen LogP contribution in [0.1, 0.15) is 95.7 Å². The number of ether oxygens (including phenoxy) is 5. The van der Waals surface area contributed by atoms with Gasteiger partial charge in [0.25, 0.3) is 5.69 Å². The van der Waals surface area contributed by atoms with E-state index in [1.165, 1.54) is 24.3 Å². The number of aliphatic hydroxyl groups is 2. The van der Waals surface area contributed by atoms with Gasteiger partial charge in [0.1, 0.15) is 42.1 Å². The highest BCUT2D eigenvalue weighted by Crippen LogP contribution is 2.66. The number of imide groups is 1. The number of nitro benzene ring substituents is 1. The molecule has 1 spiro atoms. The molecule has 6 aromatic rings. The minimum absolute atomic E-state index is 0.0626. The fourth-order valence-electron chi connectivity index (χ4n) is 13.1. The molecule has 6 aromatic carbocycles. The molecule has 6 atom stereocenters. The van der Waals surface area contributed by atoms with Crippen LogP contribution in [0.4, 0.5) is 16.2 Å². The third-order valence-electron chi connectivity index (χ3n) is 16.8. The van der Waals surface area contributed by atoms with Crippen molar-refractivity contribution < 1.29 is 58.0 Å². The number of piperazine rings is 1. The van der Waals surface area contributed by atoms with E-state index in [2.05, 4.69) is 16.7 Å². The highest BCUT2D eigenvalue weighted by atomic mass is 16.7. The smallest absolute Gasteiger partial charge is 0.421 e. The largest absolute Gasteiger partial charge is 0.491 e. The number of morpholine rings is 1. The summed E-state index contributed by atoms with van der Waals surface area (Å²) in [5.74, 6) is 4.39. The average molecular weight is 1110 g/mol. The summed E-state index contributed by atoms with van der Waals surface area (Å²) < 4.78 is 30.0. The van der Waals surface area contributed by atoms with E-state index in [1.807, 2.05) is 89.8 Å². The van der Waals surface area contributed by atoms with Crippen LogP contribution in [0.3, 0.4) is 0 Å². The minimum atomic E-state index is -2.16. The predicted octanol–water partition coefficient (Wildman–Crippen LogP) is 8.48. The molecule has 0 unspecified atom stereocenters. The van der Waals surface area contributed by atoms with Crippen molar-refractivity contribution in [3.05, 3.63) is 195 Å². The molecule has 0 aromatic heterocycles. The third-order valence-corrected chi connectivity index (χ3v) is 16.8. The van der Waals surface area contributed by atoms with Gasteiger partial charge in [-0.05, 0) is 114 Å². The number of rotatable bonds is 12. The highest BCUT2D eigenvalue weighted by molar-refractivity contribution is 6.23. The Kier molecular flexibility index (Phi) is 15.0. The standard InChI is InChI=1S/C64H61N5O13/c70-34-35-78-49-17-11-16-47(38-49)58-64(50-36-42(26-29-63(75)27-9-1-2-10-28-63)20-24-51(50)67(61(64)73)62(74)79-40-43-18-22-48(23-19-43)69(76)77)54(59(71)66-32-30-65(31-33-66)39-44-21-25-52-53(37-44)81-41-80-52)56-60(72)82-57(46-14-7-4-8-15-46)55(68(56)58)45-12-5-3-6-13-45/h3-8,11-25,36-38,54-58,70,75H,1-2,9-10,27-28,30-35,39-41H2/t54-,55-,56-,57+,58+,64-/m0/s1. The Bertz CT molecular complexity index is 3460. The van der Waals surface area contributed by atoms with Crippen molar-refractivity contribution in [2.75, 3.05) is 51.1 Å². The summed E-state index contributed by atoms with van der Waals surface area (Å²) in [6.45, 7) is 1.25. The number of hydrogen-bond acceptors (Lipinski definition) is 15. The molecule has 18 heteroatoms. The maximum absolute atomic E-state index is 17.0. The first-order chi connectivity index (χ1) is 39.9. The lowest BCUT2D eigenvalue weighted by molar-refractivity contribution is -0.384. The summed E-state index contributed by atoms with van der Waals surface area (Å²) in [5, 5.41) is 33.4. The molecule has 6 aliphatic rings. The Hall–Kier alpha value is -8.60. The van der Waals surface area contributed by atoms with Gasteiger partial charge in [-0.3, -0.25) is 34.3 Å². The number of fused-ring (bicyclic) bond motifs is 4. The number of nitro groups is 1. The van der Waals surface area contributed by atoms with E-state index in [-0.39, 0.29) is 56.6 Å². The molecule has 18 nitrogen and oxygen atoms in total. The quantitative estimate of drug-likeness (QED) is 0.0387. The number of carbonyl (C=O) groups excluding carboxylic acids is 4. The van der Waals surface area contributed by atoms with E-state index in [0.717, 1.165) is 36.1 Å². The molecule has 82 heavy (non-hydrogen) atoms. The van der Waals surface area contributed by atoms with E-state index < -0.39 is 70.0 Å².